The van der Waals surface area contributed by atoms with Gasteiger partial charge in [0.1, 0.15) is 0 Å². The zero-order valence-electron chi connectivity index (χ0n) is 13.7. The Morgan fingerprint density at radius 3 is 2.48 bits per heavy atom. The van der Waals surface area contributed by atoms with E-state index < -0.39 is 11.2 Å². The zero-order chi connectivity index (χ0) is 16.8. The van der Waals surface area contributed by atoms with Gasteiger partial charge in [0.2, 0.25) is 0 Å². The lowest BCUT2D eigenvalue weighted by Crippen LogP contribution is -2.49. The molecular weight excluding hydrogens is 327 g/mol. The molecule has 5 heteroatoms. The first-order chi connectivity index (χ1) is 10.7. The number of hydrogen-bond acceptors (Lipinski definition) is 3. The minimum atomic E-state index is -0.949. The van der Waals surface area contributed by atoms with Crippen LogP contribution in [0.3, 0.4) is 0 Å². The van der Waals surface area contributed by atoms with Crippen LogP contribution in [-0.2, 0) is 4.65 Å². The van der Waals surface area contributed by atoms with Crippen molar-refractivity contribution in [1.82, 2.24) is 0 Å². The third-order valence-electron chi connectivity index (χ3n) is 4.46. The quantitative estimate of drug-likeness (QED) is 0.705. The highest BCUT2D eigenvalue weighted by molar-refractivity contribution is 7.27. The summed E-state index contributed by atoms with van der Waals surface area (Å²) in [7, 11) is 1.73. The van der Waals surface area contributed by atoms with Crippen molar-refractivity contribution in [2.24, 2.45) is 0 Å². The molecule has 0 aliphatic carbocycles. The minimum Gasteiger partial charge on any atom is -0.427 e. The van der Waals surface area contributed by atoms with Gasteiger partial charge in [-0.1, -0.05) is 35.9 Å². The van der Waals surface area contributed by atoms with Gasteiger partial charge in [-0.15, -0.1) is 11.3 Å². The highest BCUT2D eigenvalue weighted by atomic mass is 35.5. The number of halogens is 1. The summed E-state index contributed by atoms with van der Waals surface area (Å²) in [6.45, 7) is 7.25. The van der Waals surface area contributed by atoms with E-state index in [4.69, 9.17) is 16.3 Å². The van der Waals surface area contributed by atoms with Crippen LogP contribution in [0, 0.1) is 0 Å². The summed E-state index contributed by atoms with van der Waals surface area (Å²) in [6.07, 6.45) is 0. The fourth-order valence-electron chi connectivity index (χ4n) is 2.26. The van der Waals surface area contributed by atoms with Crippen molar-refractivity contribution >= 4 is 56.1 Å². The van der Waals surface area contributed by atoms with Crippen LogP contribution in [0.5, 0.6) is 0 Å². The highest BCUT2D eigenvalue weighted by Crippen LogP contribution is 2.37. The minimum absolute atomic E-state index is 0.699. The van der Waals surface area contributed by atoms with Crippen LogP contribution in [0.2, 0.25) is 5.02 Å². The molecule has 23 heavy (non-hydrogen) atoms. The Balaban J connectivity index is 2.04. The van der Waals surface area contributed by atoms with Crippen molar-refractivity contribution in [3.63, 3.8) is 0 Å². The summed E-state index contributed by atoms with van der Waals surface area (Å²) in [6, 6.07) is 12.1. The molecule has 3 rings (SSSR count). The monoisotopic (exact) mass is 345 g/mol. The molecule has 0 amide bonds. The van der Waals surface area contributed by atoms with Crippen LogP contribution in [0.25, 0.3) is 20.2 Å². The number of aliphatic hydroxyl groups is 1. The van der Waals surface area contributed by atoms with E-state index in [9.17, 15) is 5.11 Å². The van der Waals surface area contributed by atoms with Crippen LogP contribution >= 0.6 is 22.9 Å². The molecular formula is C18H19BClO2S. The molecule has 0 aliphatic rings. The number of fused-ring (bicyclic) bond motifs is 3. The standard InChI is InChI=1S/C18H19BClO2S/c1-17(2,21)18(3,4)22-19-12-9-10-13(20)15-11-7-5-6-8-14(11)23-16(12)15/h5-10,21H,1-4H3. The van der Waals surface area contributed by atoms with Gasteiger partial charge in [0, 0.05) is 25.2 Å². The van der Waals surface area contributed by atoms with Gasteiger partial charge in [0.25, 0.3) is 0 Å². The summed E-state index contributed by atoms with van der Waals surface area (Å²) < 4.78 is 8.22. The second-order valence-corrected chi connectivity index (χ2v) is 8.20. The van der Waals surface area contributed by atoms with Crippen LogP contribution in [0.4, 0.5) is 0 Å². The summed E-state index contributed by atoms with van der Waals surface area (Å²) in [5.74, 6) is 0. The Hall–Kier alpha value is -1.07. The smallest absolute Gasteiger partial charge is 0.332 e. The molecule has 3 aromatic rings. The summed E-state index contributed by atoms with van der Waals surface area (Å²) in [5, 5.41) is 13.2. The van der Waals surface area contributed by atoms with Gasteiger partial charge >= 0.3 is 7.48 Å². The molecule has 0 bridgehead atoms. The Labute approximate surface area is 146 Å². The normalized spacial score (nSPS) is 13.0. The molecule has 1 heterocycles. The van der Waals surface area contributed by atoms with Crippen molar-refractivity contribution < 1.29 is 9.76 Å². The number of rotatable bonds is 4. The Morgan fingerprint density at radius 1 is 1.09 bits per heavy atom. The van der Waals surface area contributed by atoms with E-state index in [1.807, 2.05) is 38.1 Å². The molecule has 0 aliphatic heterocycles. The zero-order valence-corrected chi connectivity index (χ0v) is 15.3. The number of benzene rings is 2. The van der Waals surface area contributed by atoms with Crippen LogP contribution in [0.15, 0.2) is 36.4 Å². The molecule has 1 N–H and O–H groups in total. The van der Waals surface area contributed by atoms with Crippen molar-refractivity contribution in [2.45, 2.75) is 38.9 Å². The second kappa shape index (κ2) is 5.78. The average molecular weight is 346 g/mol. The van der Waals surface area contributed by atoms with Gasteiger partial charge in [0.05, 0.1) is 11.2 Å². The maximum atomic E-state index is 10.2. The molecule has 2 aromatic carbocycles. The van der Waals surface area contributed by atoms with Gasteiger partial charge < -0.3 is 9.76 Å². The molecule has 1 radical (unpaired) electrons. The fourth-order valence-corrected chi connectivity index (χ4v) is 3.77. The first-order valence-corrected chi connectivity index (χ1v) is 8.73. The molecule has 0 spiro atoms. The molecule has 0 fully saturated rings. The number of thiophene rings is 1. The van der Waals surface area contributed by atoms with Crippen LogP contribution in [0.1, 0.15) is 27.7 Å². The lowest BCUT2D eigenvalue weighted by molar-refractivity contribution is -0.0893. The molecule has 2 nitrogen and oxygen atoms in total. The van der Waals surface area contributed by atoms with Crippen LogP contribution < -0.4 is 5.46 Å². The van der Waals surface area contributed by atoms with Crippen LogP contribution in [-0.4, -0.2) is 23.8 Å². The molecule has 1 aromatic heterocycles. The van der Waals surface area contributed by atoms with E-state index in [1.165, 1.54) is 4.70 Å². The lowest BCUT2D eigenvalue weighted by Gasteiger charge is -2.37. The van der Waals surface area contributed by atoms with Crippen molar-refractivity contribution in [3.05, 3.63) is 41.4 Å². The first-order valence-electron chi connectivity index (χ1n) is 7.54. The first kappa shape index (κ1) is 16.8. The van der Waals surface area contributed by atoms with E-state index in [0.29, 0.717) is 0 Å². The third kappa shape index (κ3) is 3.01. The summed E-state index contributed by atoms with van der Waals surface area (Å²) in [5.41, 5.74) is -0.673. The predicted molar refractivity (Wildman–Crippen MR) is 101 cm³/mol. The SMILES string of the molecule is CC(C)(O)C(C)(C)O[B]c1ccc(Cl)c2c1sc1ccccc12. The largest absolute Gasteiger partial charge is 0.427 e. The molecule has 119 valence electrons. The van der Waals surface area contributed by atoms with Gasteiger partial charge in [-0.25, -0.2) is 0 Å². The topological polar surface area (TPSA) is 29.5 Å². The molecule has 0 unspecified atom stereocenters. The van der Waals surface area contributed by atoms with Gasteiger partial charge in [-0.2, -0.15) is 0 Å². The molecule has 0 saturated carbocycles. The maximum absolute atomic E-state index is 10.2. The van der Waals surface area contributed by atoms with Crippen molar-refractivity contribution in [2.75, 3.05) is 0 Å². The Morgan fingerprint density at radius 2 is 1.78 bits per heavy atom. The Bertz CT molecular complexity index is 864. The maximum Gasteiger partial charge on any atom is 0.332 e. The molecule has 0 atom stereocenters. The van der Waals surface area contributed by atoms with Gasteiger partial charge in [-0.3, -0.25) is 0 Å². The summed E-state index contributed by atoms with van der Waals surface area (Å²) >= 11 is 8.13. The second-order valence-electron chi connectivity index (χ2n) is 6.74. The number of hydrogen-bond donors (Lipinski definition) is 1. The van der Waals surface area contributed by atoms with E-state index in [0.717, 1.165) is 26.0 Å². The van der Waals surface area contributed by atoms with Gasteiger partial charge in [0.15, 0.2) is 0 Å². The fraction of sp³-hybridized carbons (Fsp3) is 0.333. The lowest BCUT2D eigenvalue weighted by atomic mass is 9.82. The van der Waals surface area contributed by atoms with Crippen molar-refractivity contribution in [3.8, 4) is 0 Å². The third-order valence-corrected chi connectivity index (χ3v) is 5.99. The van der Waals surface area contributed by atoms with E-state index in [1.54, 1.807) is 32.7 Å². The van der Waals surface area contributed by atoms with E-state index in [-0.39, 0.29) is 0 Å². The van der Waals surface area contributed by atoms with E-state index in [2.05, 4.69) is 12.1 Å². The highest BCUT2D eigenvalue weighted by Gasteiger charge is 2.35. The van der Waals surface area contributed by atoms with Gasteiger partial charge in [-0.05, 0) is 45.3 Å². The van der Waals surface area contributed by atoms with Crippen molar-refractivity contribution in [1.29, 1.82) is 0 Å². The predicted octanol–water partition coefficient (Wildman–Crippen LogP) is 4.52. The van der Waals surface area contributed by atoms with E-state index >= 15 is 0 Å². The molecule has 0 saturated heterocycles. The average Bonchev–Trinajstić information content (AvgIpc) is 2.85. The summed E-state index contributed by atoms with van der Waals surface area (Å²) in [4.78, 5) is 0. The Kier molecular flexibility index (Phi) is 4.22.